The van der Waals surface area contributed by atoms with Crippen molar-refractivity contribution in [3.8, 4) is 0 Å². The Kier molecular flexibility index (Phi) is 9.47. The van der Waals surface area contributed by atoms with Crippen LogP contribution in [-0.2, 0) is 50.5 Å². The van der Waals surface area contributed by atoms with Crippen LogP contribution in [0.4, 0.5) is 16.3 Å². The van der Waals surface area contributed by atoms with E-state index in [2.05, 4.69) is 27.6 Å². The smallest absolute Gasteiger partial charge is 0.410 e. The number of piperidine rings is 1. The highest BCUT2D eigenvalue weighted by Crippen LogP contribution is 2.47. The zero-order valence-electron chi connectivity index (χ0n) is 30.0. The summed E-state index contributed by atoms with van der Waals surface area (Å²) in [7, 11) is 3.74. The molecule has 264 valence electrons. The molecule has 50 heavy (non-hydrogen) atoms. The molecule has 1 fully saturated rings. The van der Waals surface area contributed by atoms with Crippen LogP contribution >= 0.6 is 0 Å². The first-order valence-corrected chi connectivity index (χ1v) is 17.3. The number of anilines is 2. The number of carbonyl (C=O) groups excluding carboxylic acids is 4. The van der Waals surface area contributed by atoms with E-state index >= 15 is 0 Å². The van der Waals surface area contributed by atoms with Crippen molar-refractivity contribution >= 4 is 35.3 Å². The summed E-state index contributed by atoms with van der Waals surface area (Å²) in [6.45, 7) is 9.45. The molecule has 1 unspecified atom stereocenters. The SMILES string of the molecule is CN1CCC(C)(C(=O)N(CC(=O)Nc2ccc3c(c2)CC2(C3)C(=O)Nc3ncccc32)Cc2ccccc2CN(C)C(=O)OC(C)(C)C)CC1. The largest absolute Gasteiger partial charge is 0.444 e. The summed E-state index contributed by atoms with van der Waals surface area (Å²) in [5.74, 6) is 0.188. The molecular weight excluding hydrogens is 632 g/mol. The zero-order valence-corrected chi connectivity index (χ0v) is 30.0. The highest BCUT2D eigenvalue weighted by atomic mass is 16.6. The minimum absolute atomic E-state index is 0.0536. The number of rotatable bonds is 8. The van der Waals surface area contributed by atoms with Gasteiger partial charge in [0.05, 0.1) is 5.41 Å². The highest BCUT2D eigenvalue weighted by molar-refractivity contribution is 6.06. The first-order chi connectivity index (χ1) is 23.7. The van der Waals surface area contributed by atoms with Gasteiger partial charge in [0, 0.05) is 43.0 Å². The number of carbonyl (C=O) groups is 4. The maximum absolute atomic E-state index is 14.3. The van der Waals surface area contributed by atoms with E-state index in [9.17, 15) is 19.2 Å². The molecule has 6 rings (SSSR count). The Balaban J connectivity index is 1.20. The van der Waals surface area contributed by atoms with E-state index in [1.807, 2.05) is 82.3 Å². The maximum atomic E-state index is 14.3. The minimum Gasteiger partial charge on any atom is -0.444 e. The fourth-order valence-electron chi connectivity index (χ4n) is 7.36. The number of nitrogens with zero attached hydrogens (tertiary/aromatic N) is 4. The van der Waals surface area contributed by atoms with Crippen LogP contribution in [0.2, 0.25) is 0 Å². The van der Waals surface area contributed by atoms with Crippen molar-refractivity contribution in [2.24, 2.45) is 5.41 Å². The molecule has 3 heterocycles. The predicted molar refractivity (Wildman–Crippen MR) is 191 cm³/mol. The number of amides is 4. The number of benzene rings is 2. The van der Waals surface area contributed by atoms with Crippen LogP contribution in [0.15, 0.2) is 60.8 Å². The van der Waals surface area contributed by atoms with E-state index in [1.54, 1.807) is 18.1 Å². The number of nitrogens with one attached hydrogen (secondary N) is 2. The van der Waals surface area contributed by atoms with Gasteiger partial charge in [-0.15, -0.1) is 0 Å². The Morgan fingerprint density at radius 3 is 2.36 bits per heavy atom. The molecule has 2 N–H and O–H groups in total. The lowest BCUT2D eigenvalue weighted by atomic mass is 9.79. The third-order valence-corrected chi connectivity index (χ3v) is 10.3. The Labute approximate surface area is 294 Å². The van der Waals surface area contributed by atoms with Gasteiger partial charge in [0.1, 0.15) is 18.0 Å². The van der Waals surface area contributed by atoms with E-state index in [-0.39, 0.29) is 37.4 Å². The van der Waals surface area contributed by atoms with Gasteiger partial charge in [0.25, 0.3) is 0 Å². The van der Waals surface area contributed by atoms with Crippen LogP contribution in [0.25, 0.3) is 0 Å². The second-order valence-corrected chi connectivity index (χ2v) is 15.5. The van der Waals surface area contributed by atoms with Crippen LogP contribution in [0.5, 0.6) is 0 Å². The lowest BCUT2D eigenvalue weighted by Crippen LogP contribution is -2.49. The van der Waals surface area contributed by atoms with Gasteiger partial charge < -0.3 is 30.1 Å². The molecule has 1 aromatic heterocycles. The number of hydrogen-bond donors (Lipinski definition) is 2. The fraction of sp³-hybridized carbons (Fsp3) is 0.462. The highest BCUT2D eigenvalue weighted by Gasteiger charge is 2.51. The summed E-state index contributed by atoms with van der Waals surface area (Å²) in [5.41, 5.74) is 3.38. The van der Waals surface area contributed by atoms with Gasteiger partial charge in [-0.2, -0.15) is 0 Å². The maximum Gasteiger partial charge on any atom is 0.410 e. The second kappa shape index (κ2) is 13.5. The second-order valence-electron chi connectivity index (χ2n) is 15.5. The molecule has 0 bridgehead atoms. The molecule has 4 amide bonds. The summed E-state index contributed by atoms with van der Waals surface area (Å²) < 4.78 is 5.56. The molecule has 11 heteroatoms. The summed E-state index contributed by atoms with van der Waals surface area (Å²) in [4.78, 5) is 63.8. The molecule has 1 saturated heterocycles. The lowest BCUT2D eigenvalue weighted by molar-refractivity contribution is -0.146. The summed E-state index contributed by atoms with van der Waals surface area (Å²) in [5, 5.41) is 5.97. The molecule has 11 nitrogen and oxygen atoms in total. The van der Waals surface area contributed by atoms with Crippen LogP contribution in [-0.4, -0.2) is 82.8 Å². The number of likely N-dealkylation sites (tertiary alicyclic amines) is 1. The predicted octanol–water partition coefficient (Wildman–Crippen LogP) is 5.14. The number of hydrogen-bond acceptors (Lipinski definition) is 7. The third-order valence-electron chi connectivity index (χ3n) is 10.3. The van der Waals surface area contributed by atoms with Crippen molar-refractivity contribution in [2.45, 2.75) is 77.5 Å². The van der Waals surface area contributed by atoms with Gasteiger partial charge in [-0.25, -0.2) is 9.78 Å². The lowest BCUT2D eigenvalue weighted by Gasteiger charge is -2.40. The summed E-state index contributed by atoms with van der Waals surface area (Å²) in [6, 6.07) is 17.3. The molecular formula is C39H48N6O5. The van der Waals surface area contributed by atoms with E-state index in [4.69, 9.17) is 4.74 Å². The van der Waals surface area contributed by atoms with Crippen molar-refractivity contribution in [3.63, 3.8) is 0 Å². The molecule has 1 aliphatic carbocycles. The fourth-order valence-corrected chi connectivity index (χ4v) is 7.36. The molecule has 1 atom stereocenters. The van der Waals surface area contributed by atoms with Crippen molar-refractivity contribution in [1.29, 1.82) is 0 Å². The van der Waals surface area contributed by atoms with Crippen LogP contribution in [0, 0.1) is 5.41 Å². The van der Waals surface area contributed by atoms with E-state index in [0.29, 0.717) is 37.2 Å². The topological polar surface area (TPSA) is 124 Å². The molecule has 1 spiro atoms. The van der Waals surface area contributed by atoms with Gasteiger partial charge >= 0.3 is 6.09 Å². The first kappa shape index (κ1) is 35.1. The standard InChI is InChI=1S/C39H48N6O5/c1-37(2,3)50-36(49)44(6)23-27-10-7-8-11-28(27)24-45(35(48)38(4)15-18-43(5)19-16-38)25-32(46)41-30-14-13-26-21-39(22-29(26)20-30)31-12-9-17-40-33(31)42-34(39)47/h7-14,17,20H,15-16,18-19,21-25H2,1-6H3,(H,41,46)(H,40,42,47). The van der Waals surface area contributed by atoms with E-state index < -0.39 is 22.5 Å². The van der Waals surface area contributed by atoms with E-state index in [0.717, 1.165) is 40.9 Å². The average Bonchev–Trinajstić information content (AvgIpc) is 3.58. The van der Waals surface area contributed by atoms with Gasteiger partial charge in [-0.05, 0) is 107 Å². The van der Waals surface area contributed by atoms with Crippen molar-refractivity contribution in [2.75, 3.05) is 44.4 Å². The number of aromatic nitrogens is 1. The Morgan fingerprint density at radius 1 is 0.980 bits per heavy atom. The van der Waals surface area contributed by atoms with Crippen molar-refractivity contribution < 1.29 is 23.9 Å². The van der Waals surface area contributed by atoms with Gasteiger partial charge in [0.15, 0.2) is 0 Å². The quantitative estimate of drug-likeness (QED) is 0.338. The molecule has 3 aromatic rings. The number of fused-ring (bicyclic) bond motifs is 3. The Bertz CT molecular complexity index is 1810. The van der Waals surface area contributed by atoms with Crippen LogP contribution in [0.1, 0.15) is 68.4 Å². The normalized spacial score (nSPS) is 19.4. The molecule has 0 saturated carbocycles. The van der Waals surface area contributed by atoms with Crippen LogP contribution < -0.4 is 10.6 Å². The number of ether oxygens (including phenoxy) is 1. The van der Waals surface area contributed by atoms with E-state index in [1.165, 1.54) is 4.90 Å². The van der Waals surface area contributed by atoms with Crippen molar-refractivity contribution in [1.82, 2.24) is 19.7 Å². The Hall–Kier alpha value is -4.77. The van der Waals surface area contributed by atoms with Crippen LogP contribution in [0.3, 0.4) is 0 Å². The average molecular weight is 681 g/mol. The third kappa shape index (κ3) is 7.23. The van der Waals surface area contributed by atoms with Gasteiger partial charge in [-0.3, -0.25) is 14.4 Å². The summed E-state index contributed by atoms with van der Waals surface area (Å²) in [6.07, 6.45) is 3.72. The zero-order chi connectivity index (χ0) is 35.8. The summed E-state index contributed by atoms with van der Waals surface area (Å²) >= 11 is 0. The molecule has 2 aromatic carbocycles. The number of pyridine rings is 1. The molecule has 3 aliphatic rings. The first-order valence-electron chi connectivity index (χ1n) is 17.3. The molecule has 2 aliphatic heterocycles. The van der Waals surface area contributed by atoms with Gasteiger partial charge in [0.2, 0.25) is 17.7 Å². The minimum atomic E-state index is -0.702. The van der Waals surface area contributed by atoms with Crippen molar-refractivity contribution in [3.05, 3.63) is 88.6 Å². The Morgan fingerprint density at radius 2 is 1.66 bits per heavy atom. The monoisotopic (exact) mass is 680 g/mol. The molecule has 0 radical (unpaired) electrons. The van der Waals surface area contributed by atoms with Gasteiger partial charge in [-0.1, -0.05) is 43.3 Å².